The Labute approximate surface area is 121 Å². The Morgan fingerprint density at radius 1 is 1.33 bits per heavy atom. The van der Waals surface area contributed by atoms with E-state index in [2.05, 4.69) is 74.6 Å². The fourth-order valence-corrected chi connectivity index (χ4v) is 2.69. The highest BCUT2D eigenvalue weighted by atomic mass is 79.9. The predicted molar refractivity (Wildman–Crippen MR) is 86.2 cm³/mol. The van der Waals surface area contributed by atoms with Crippen molar-refractivity contribution in [3.8, 4) is 0 Å². The minimum absolute atomic E-state index is 0.247. The molecule has 100 valence electrons. The van der Waals surface area contributed by atoms with Crippen molar-refractivity contribution in [2.75, 3.05) is 0 Å². The Morgan fingerprint density at radius 3 is 2.44 bits per heavy atom. The maximum atomic E-state index is 6.24. The first-order chi connectivity index (χ1) is 8.17. The van der Waals surface area contributed by atoms with Crippen LogP contribution in [0.25, 0.3) is 6.08 Å². The molecule has 0 saturated heterocycles. The molecule has 1 aromatic rings. The molecule has 0 saturated carbocycles. The third-order valence-electron chi connectivity index (χ3n) is 3.72. The van der Waals surface area contributed by atoms with E-state index in [0.717, 1.165) is 10.0 Å². The van der Waals surface area contributed by atoms with Crippen molar-refractivity contribution in [2.45, 2.75) is 45.5 Å². The smallest absolute Gasteiger partial charge is 0.192 e. The topological polar surface area (TPSA) is 9.23 Å². The summed E-state index contributed by atoms with van der Waals surface area (Å²) in [4.78, 5) is 0. The van der Waals surface area contributed by atoms with Crippen molar-refractivity contribution in [3.05, 3.63) is 40.4 Å². The van der Waals surface area contributed by atoms with Crippen LogP contribution in [0.15, 0.2) is 29.3 Å². The molecule has 0 aromatic heterocycles. The van der Waals surface area contributed by atoms with E-state index in [-0.39, 0.29) is 5.04 Å². The summed E-state index contributed by atoms with van der Waals surface area (Å²) in [5.41, 5.74) is 2.35. The molecule has 0 fully saturated rings. The molecule has 1 aromatic carbocycles. The van der Waals surface area contributed by atoms with Crippen LogP contribution < -0.4 is 0 Å². The van der Waals surface area contributed by atoms with Gasteiger partial charge in [0.1, 0.15) is 0 Å². The number of hydrogen-bond donors (Lipinski definition) is 0. The summed E-state index contributed by atoms with van der Waals surface area (Å²) in [5.74, 6) is 0. The molecule has 0 unspecified atom stereocenters. The largest absolute Gasteiger partial charge is 0.413 e. The molecule has 0 aliphatic heterocycles. The zero-order valence-electron chi connectivity index (χ0n) is 12.0. The quantitative estimate of drug-likeness (QED) is 0.653. The van der Waals surface area contributed by atoms with Gasteiger partial charge in [-0.2, -0.15) is 0 Å². The number of benzene rings is 1. The van der Waals surface area contributed by atoms with Crippen LogP contribution in [0.1, 0.15) is 31.9 Å². The highest BCUT2D eigenvalue weighted by Crippen LogP contribution is 2.37. The first-order valence-corrected chi connectivity index (χ1v) is 9.92. The van der Waals surface area contributed by atoms with Crippen LogP contribution in [-0.4, -0.2) is 8.32 Å². The van der Waals surface area contributed by atoms with Crippen molar-refractivity contribution < 1.29 is 4.43 Å². The minimum atomic E-state index is -1.68. The summed E-state index contributed by atoms with van der Waals surface area (Å²) in [6.45, 7) is 15.9. The zero-order chi connectivity index (χ0) is 14.0. The van der Waals surface area contributed by atoms with Crippen molar-refractivity contribution in [1.29, 1.82) is 0 Å². The number of hydrogen-bond acceptors (Lipinski definition) is 1. The Hall–Kier alpha value is -0.383. The number of halogens is 1. The molecule has 0 radical (unpaired) electrons. The van der Waals surface area contributed by atoms with Crippen LogP contribution >= 0.6 is 15.9 Å². The molecule has 3 heteroatoms. The van der Waals surface area contributed by atoms with E-state index in [4.69, 9.17) is 4.43 Å². The highest BCUT2D eigenvalue weighted by Gasteiger charge is 2.37. The van der Waals surface area contributed by atoms with Crippen LogP contribution in [-0.2, 0) is 11.0 Å². The average Bonchev–Trinajstić information content (AvgIpc) is 2.25. The maximum absolute atomic E-state index is 6.24. The van der Waals surface area contributed by atoms with Crippen LogP contribution in [0.5, 0.6) is 0 Å². The molecular weight excluding hydrogens is 304 g/mol. The Balaban J connectivity index is 2.84. The van der Waals surface area contributed by atoms with Gasteiger partial charge in [0.15, 0.2) is 8.32 Å². The molecule has 0 amide bonds. The summed E-state index contributed by atoms with van der Waals surface area (Å²) in [7, 11) is -1.68. The Bertz CT molecular complexity index is 433. The molecule has 0 spiro atoms. The van der Waals surface area contributed by atoms with E-state index < -0.39 is 8.32 Å². The van der Waals surface area contributed by atoms with Gasteiger partial charge in [-0.05, 0) is 41.4 Å². The molecular formula is C15H23BrOSi. The SMILES string of the molecule is C=Cc1cc(Br)ccc1CO[Si](C)(C)C(C)(C)C. The molecule has 0 atom stereocenters. The second-order valence-electron chi connectivity index (χ2n) is 6.10. The second kappa shape index (κ2) is 5.72. The van der Waals surface area contributed by atoms with Crippen LogP contribution in [0.4, 0.5) is 0 Å². The van der Waals surface area contributed by atoms with Gasteiger partial charge in [-0.15, -0.1) is 0 Å². The van der Waals surface area contributed by atoms with Gasteiger partial charge in [0.25, 0.3) is 0 Å². The average molecular weight is 327 g/mol. The van der Waals surface area contributed by atoms with Crippen LogP contribution in [0, 0.1) is 0 Å². The fourth-order valence-electron chi connectivity index (χ4n) is 1.36. The summed E-state index contributed by atoms with van der Waals surface area (Å²) in [6, 6.07) is 6.24. The molecule has 0 aliphatic carbocycles. The molecule has 0 heterocycles. The summed E-state index contributed by atoms with van der Waals surface area (Å²) < 4.78 is 7.32. The summed E-state index contributed by atoms with van der Waals surface area (Å²) >= 11 is 3.48. The molecule has 18 heavy (non-hydrogen) atoms. The van der Waals surface area contributed by atoms with Crippen molar-refractivity contribution in [1.82, 2.24) is 0 Å². The molecule has 1 rings (SSSR count). The van der Waals surface area contributed by atoms with E-state index in [1.807, 2.05) is 6.08 Å². The lowest BCUT2D eigenvalue weighted by Gasteiger charge is -2.36. The third kappa shape index (κ3) is 3.80. The standard InChI is InChI=1S/C15H23BrOSi/c1-7-12-10-14(16)9-8-13(12)11-17-18(5,6)15(2,3)4/h7-10H,1,11H2,2-6H3. The van der Waals surface area contributed by atoms with Crippen molar-refractivity contribution >= 4 is 30.3 Å². The molecule has 1 nitrogen and oxygen atoms in total. The van der Waals surface area contributed by atoms with E-state index in [1.54, 1.807) is 0 Å². The van der Waals surface area contributed by atoms with Gasteiger partial charge in [0.05, 0.1) is 6.61 Å². The normalized spacial score (nSPS) is 12.6. The van der Waals surface area contributed by atoms with E-state index in [9.17, 15) is 0 Å². The lowest BCUT2D eigenvalue weighted by Crippen LogP contribution is -2.40. The minimum Gasteiger partial charge on any atom is -0.413 e. The van der Waals surface area contributed by atoms with E-state index >= 15 is 0 Å². The monoisotopic (exact) mass is 326 g/mol. The van der Waals surface area contributed by atoms with Crippen molar-refractivity contribution in [3.63, 3.8) is 0 Å². The summed E-state index contributed by atoms with van der Waals surface area (Å²) in [5, 5.41) is 0.247. The first kappa shape index (κ1) is 15.7. The van der Waals surface area contributed by atoms with Gasteiger partial charge in [-0.1, -0.05) is 55.4 Å². The molecule has 0 aliphatic rings. The maximum Gasteiger partial charge on any atom is 0.192 e. The van der Waals surface area contributed by atoms with Gasteiger partial charge >= 0.3 is 0 Å². The lowest BCUT2D eigenvalue weighted by molar-refractivity contribution is 0.276. The number of rotatable bonds is 4. The van der Waals surface area contributed by atoms with Gasteiger partial charge < -0.3 is 4.43 Å². The Morgan fingerprint density at radius 2 is 1.94 bits per heavy atom. The second-order valence-corrected chi connectivity index (χ2v) is 11.8. The molecule has 0 bridgehead atoms. The fraction of sp³-hybridized carbons (Fsp3) is 0.467. The van der Waals surface area contributed by atoms with Crippen molar-refractivity contribution in [2.24, 2.45) is 0 Å². The van der Waals surface area contributed by atoms with Gasteiger partial charge in [0.2, 0.25) is 0 Å². The first-order valence-electron chi connectivity index (χ1n) is 6.22. The molecule has 0 N–H and O–H groups in total. The Kier molecular flexibility index (Phi) is 4.98. The lowest BCUT2D eigenvalue weighted by atomic mass is 10.1. The third-order valence-corrected chi connectivity index (χ3v) is 8.69. The summed E-state index contributed by atoms with van der Waals surface area (Å²) in [6.07, 6.45) is 1.88. The highest BCUT2D eigenvalue weighted by molar-refractivity contribution is 9.10. The van der Waals surface area contributed by atoms with E-state index in [0.29, 0.717) is 6.61 Å². The van der Waals surface area contributed by atoms with E-state index in [1.165, 1.54) is 5.56 Å². The van der Waals surface area contributed by atoms with Crippen LogP contribution in [0.2, 0.25) is 18.1 Å². The van der Waals surface area contributed by atoms with Gasteiger partial charge in [-0.3, -0.25) is 0 Å². The van der Waals surface area contributed by atoms with Gasteiger partial charge in [0, 0.05) is 4.47 Å². The predicted octanol–water partition coefficient (Wildman–Crippen LogP) is 5.61. The van der Waals surface area contributed by atoms with Gasteiger partial charge in [-0.25, -0.2) is 0 Å². The van der Waals surface area contributed by atoms with Crippen LogP contribution in [0.3, 0.4) is 0 Å². The zero-order valence-corrected chi connectivity index (χ0v) is 14.6.